The third-order valence-corrected chi connectivity index (χ3v) is 2.73. The number of carbonyl (C=O) groups excluding carboxylic acids is 1. The van der Waals surface area contributed by atoms with Gasteiger partial charge in [0.1, 0.15) is 11.9 Å². The zero-order valence-corrected chi connectivity index (χ0v) is 11.2. The average Bonchev–Trinajstić information content (AvgIpc) is 2.31. The Morgan fingerprint density at radius 1 is 1.37 bits per heavy atom. The number of halogens is 1. The van der Waals surface area contributed by atoms with Crippen molar-refractivity contribution < 1.29 is 19.1 Å². The highest BCUT2D eigenvalue weighted by molar-refractivity contribution is 5.96. The molecule has 0 radical (unpaired) electrons. The van der Waals surface area contributed by atoms with E-state index in [2.05, 4.69) is 5.32 Å². The number of hydrogen-bond acceptors (Lipinski definition) is 2. The third kappa shape index (κ3) is 4.35. The van der Waals surface area contributed by atoms with Crippen LogP contribution < -0.4 is 5.32 Å². The van der Waals surface area contributed by atoms with Gasteiger partial charge < -0.3 is 10.4 Å². The molecule has 0 bridgehead atoms. The van der Waals surface area contributed by atoms with E-state index in [0.29, 0.717) is 12.0 Å². The van der Waals surface area contributed by atoms with Gasteiger partial charge in [0.2, 0.25) is 0 Å². The number of hydrogen-bond donors (Lipinski definition) is 2. The van der Waals surface area contributed by atoms with E-state index in [1.807, 2.05) is 13.8 Å². The van der Waals surface area contributed by atoms with Gasteiger partial charge in [0, 0.05) is 5.56 Å². The number of carboxylic acid groups (broad SMARTS) is 1. The molecule has 1 aromatic carbocycles. The summed E-state index contributed by atoms with van der Waals surface area (Å²) in [5, 5.41) is 11.5. The van der Waals surface area contributed by atoms with E-state index >= 15 is 0 Å². The van der Waals surface area contributed by atoms with Crippen molar-refractivity contribution in [2.24, 2.45) is 5.92 Å². The maximum Gasteiger partial charge on any atom is 0.326 e. The Morgan fingerprint density at radius 2 is 2.00 bits per heavy atom. The molecule has 1 rings (SSSR count). The summed E-state index contributed by atoms with van der Waals surface area (Å²) >= 11 is 0. The molecule has 0 heterocycles. The van der Waals surface area contributed by atoms with Gasteiger partial charge in [-0.3, -0.25) is 4.79 Å². The van der Waals surface area contributed by atoms with Crippen molar-refractivity contribution >= 4 is 11.9 Å². The number of carbonyl (C=O) groups is 2. The Balaban J connectivity index is 2.81. The van der Waals surface area contributed by atoms with Gasteiger partial charge in [0.25, 0.3) is 5.91 Å². The minimum absolute atomic E-state index is 0.149. The molecule has 0 aliphatic carbocycles. The summed E-state index contributed by atoms with van der Waals surface area (Å²) in [4.78, 5) is 23.0. The Hall–Kier alpha value is -1.91. The van der Waals surface area contributed by atoms with Crippen LogP contribution in [0.3, 0.4) is 0 Å². The Bertz CT molecular complexity index is 486. The summed E-state index contributed by atoms with van der Waals surface area (Å²) in [6.07, 6.45) is 0.348. The lowest BCUT2D eigenvalue weighted by molar-refractivity contribution is -0.139. The molecule has 2 N–H and O–H groups in total. The van der Waals surface area contributed by atoms with Crippen molar-refractivity contribution in [3.8, 4) is 0 Å². The van der Waals surface area contributed by atoms with Crippen molar-refractivity contribution in [2.45, 2.75) is 33.2 Å². The number of aryl methyl sites for hydroxylation is 1. The molecule has 104 valence electrons. The molecule has 1 amide bonds. The quantitative estimate of drug-likeness (QED) is 0.860. The van der Waals surface area contributed by atoms with Crippen LogP contribution in [0, 0.1) is 18.7 Å². The number of benzene rings is 1. The smallest absolute Gasteiger partial charge is 0.326 e. The van der Waals surface area contributed by atoms with Gasteiger partial charge in [-0.2, -0.15) is 0 Å². The number of carboxylic acids is 1. The molecule has 1 aromatic rings. The average molecular weight is 267 g/mol. The first-order valence-corrected chi connectivity index (χ1v) is 6.11. The molecule has 0 aromatic heterocycles. The summed E-state index contributed by atoms with van der Waals surface area (Å²) in [5.41, 5.74) is 0.609. The van der Waals surface area contributed by atoms with Crippen molar-refractivity contribution in [1.82, 2.24) is 5.32 Å². The maximum atomic E-state index is 13.1. The normalized spacial score (nSPS) is 12.3. The van der Waals surface area contributed by atoms with Crippen molar-refractivity contribution in [3.05, 3.63) is 35.1 Å². The second-order valence-electron chi connectivity index (χ2n) is 4.96. The highest BCUT2D eigenvalue weighted by Crippen LogP contribution is 2.11. The SMILES string of the molecule is Cc1cc(C(=O)N[C@H](CC(C)C)C(=O)O)ccc1F. The van der Waals surface area contributed by atoms with Crippen LogP contribution in [0.5, 0.6) is 0 Å². The number of nitrogens with one attached hydrogen (secondary N) is 1. The summed E-state index contributed by atoms with van der Waals surface area (Å²) in [6, 6.07) is 3.01. The molecule has 5 heteroatoms. The van der Waals surface area contributed by atoms with E-state index in [1.54, 1.807) is 6.92 Å². The lowest BCUT2D eigenvalue weighted by Gasteiger charge is -2.16. The lowest BCUT2D eigenvalue weighted by Crippen LogP contribution is -2.41. The van der Waals surface area contributed by atoms with Crippen LogP contribution in [0.15, 0.2) is 18.2 Å². The van der Waals surface area contributed by atoms with E-state index in [1.165, 1.54) is 18.2 Å². The fourth-order valence-corrected chi connectivity index (χ4v) is 1.72. The predicted molar refractivity (Wildman–Crippen MR) is 69.5 cm³/mol. The third-order valence-electron chi connectivity index (χ3n) is 2.73. The van der Waals surface area contributed by atoms with Crippen LogP contribution in [0.1, 0.15) is 36.2 Å². The molecule has 0 aliphatic rings. The predicted octanol–water partition coefficient (Wildman–Crippen LogP) is 2.36. The topological polar surface area (TPSA) is 66.4 Å². The first-order valence-electron chi connectivity index (χ1n) is 6.11. The van der Waals surface area contributed by atoms with Crippen LogP contribution in [0.4, 0.5) is 4.39 Å². The molecular weight excluding hydrogens is 249 g/mol. The highest BCUT2D eigenvalue weighted by atomic mass is 19.1. The Kier molecular flexibility index (Phi) is 5.03. The molecule has 1 atom stereocenters. The van der Waals surface area contributed by atoms with Gasteiger partial charge in [0.05, 0.1) is 0 Å². The monoisotopic (exact) mass is 267 g/mol. The molecule has 0 saturated carbocycles. The Morgan fingerprint density at radius 3 is 2.47 bits per heavy atom. The fourth-order valence-electron chi connectivity index (χ4n) is 1.72. The molecule has 0 unspecified atom stereocenters. The second kappa shape index (κ2) is 6.31. The van der Waals surface area contributed by atoms with E-state index in [0.717, 1.165) is 0 Å². The van der Waals surface area contributed by atoms with Crippen LogP contribution in [-0.2, 0) is 4.79 Å². The van der Waals surface area contributed by atoms with Crippen molar-refractivity contribution in [2.75, 3.05) is 0 Å². The fraction of sp³-hybridized carbons (Fsp3) is 0.429. The summed E-state index contributed by atoms with van der Waals surface area (Å²) in [5.74, 6) is -1.82. The molecule has 0 fully saturated rings. The van der Waals surface area contributed by atoms with E-state index in [-0.39, 0.29) is 11.5 Å². The molecular formula is C14H18FNO3. The van der Waals surface area contributed by atoms with Crippen LogP contribution in [0.25, 0.3) is 0 Å². The maximum absolute atomic E-state index is 13.1. The van der Waals surface area contributed by atoms with Crippen LogP contribution in [-0.4, -0.2) is 23.0 Å². The number of rotatable bonds is 5. The zero-order chi connectivity index (χ0) is 14.6. The lowest BCUT2D eigenvalue weighted by atomic mass is 10.0. The summed E-state index contributed by atoms with van der Waals surface area (Å²) in [7, 11) is 0. The van der Waals surface area contributed by atoms with Gasteiger partial charge in [-0.25, -0.2) is 9.18 Å². The van der Waals surface area contributed by atoms with E-state index in [4.69, 9.17) is 5.11 Å². The molecule has 4 nitrogen and oxygen atoms in total. The van der Waals surface area contributed by atoms with Gasteiger partial charge in [-0.1, -0.05) is 13.8 Å². The minimum atomic E-state index is -1.07. The molecule has 0 spiro atoms. The first-order chi connectivity index (χ1) is 8.81. The Labute approximate surface area is 111 Å². The summed E-state index contributed by atoms with van der Waals surface area (Å²) < 4.78 is 13.1. The van der Waals surface area contributed by atoms with Crippen molar-refractivity contribution in [1.29, 1.82) is 0 Å². The first kappa shape index (κ1) is 15.1. The number of amides is 1. The second-order valence-corrected chi connectivity index (χ2v) is 4.96. The van der Waals surface area contributed by atoms with Gasteiger partial charge in [0.15, 0.2) is 0 Å². The van der Waals surface area contributed by atoms with Gasteiger partial charge >= 0.3 is 5.97 Å². The number of aliphatic carboxylic acids is 1. The largest absolute Gasteiger partial charge is 0.480 e. The minimum Gasteiger partial charge on any atom is -0.480 e. The van der Waals surface area contributed by atoms with Gasteiger partial charge in [-0.15, -0.1) is 0 Å². The zero-order valence-electron chi connectivity index (χ0n) is 11.2. The molecule has 0 aliphatic heterocycles. The van der Waals surface area contributed by atoms with Crippen molar-refractivity contribution in [3.63, 3.8) is 0 Å². The molecule has 0 saturated heterocycles. The van der Waals surface area contributed by atoms with Crippen LogP contribution >= 0.6 is 0 Å². The van der Waals surface area contributed by atoms with E-state index < -0.39 is 23.7 Å². The summed E-state index contributed by atoms with van der Waals surface area (Å²) in [6.45, 7) is 5.31. The molecule has 19 heavy (non-hydrogen) atoms. The highest BCUT2D eigenvalue weighted by Gasteiger charge is 2.21. The standard InChI is InChI=1S/C14H18FNO3/c1-8(2)6-12(14(18)19)16-13(17)10-4-5-11(15)9(3)7-10/h4-5,7-8,12H,6H2,1-3H3,(H,16,17)(H,18,19)/t12-/m1/s1. The van der Waals surface area contributed by atoms with Gasteiger partial charge in [-0.05, 0) is 43.0 Å². The van der Waals surface area contributed by atoms with Crippen LogP contribution in [0.2, 0.25) is 0 Å². The van der Waals surface area contributed by atoms with E-state index in [9.17, 15) is 14.0 Å².